The van der Waals surface area contributed by atoms with Gasteiger partial charge in [0.1, 0.15) is 0 Å². The standard InChI is InChI=1S/C15H23N3O3/c1-3-18(4-2)14(20)12-7-5-8-13(11-12)17-15(21)16-9-6-10-19/h5,7-8,11,19H,3-4,6,9-10H2,1-2H3,(H2,16,17,21). The van der Waals surface area contributed by atoms with Crippen molar-refractivity contribution in [2.75, 3.05) is 31.6 Å². The van der Waals surface area contributed by atoms with Crippen LogP contribution in [0.2, 0.25) is 0 Å². The summed E-state index contributed by atoms with van der Waals surface area (Å²) in [6, 6.07) is 6.50. The summed E-state index contributed by atoms with van der Waals surface area (Å²) in [5, 5.41) is 13.9. The number of carbonyl (C=O) groups is 2. The maximum atomic E-state index is 12.2. The Morgan fingerprint density at radius 3 is 2.57 bits per heavy atom. The second-order valence-electron chi connectivity index (χ2n) is 4.52. The minimum absolute atomic E-state index is 0.0359. The van der Waals surface area contributed by atoms with Crippen LogP contribution in [0.15, 0.2) is 24.3 Å². The molecule has 6 heteroatoms. The number of hydrogen-bond acceptors (Lipinski definition) is 3. The summed E-state index contributed by atoms with van der Waals surface area (Å²) in [4.78, 5) is 25.6. The van der Waals surface area contributed by atoms with Gasteiger partial charge in [-0.2, -0.15) is 0 Å². The molecule has 21 heavy (non-hydrogen) atoms. The first-order chi connectivity index (χ1) is 10.1. The Labute approximate surface area is 125 Å². The minimum Gasteiger partial charge on any atom is -0.396 e. The van der Waals surface area contributed by atoms with Gasteiger partial charge in [0, 0.05) is 37.5 Å². The molecule has 116 valence electrons. The van der Waals surface area contributed by atoms with E-state index in [9.17, 15) is 9.59 Å². The Bertz CT molecular complexity index is 473. The molecule has 6 nitrogen and oxygen atoms in total. The third-order valence-electron chi connectivity index (χ3n) is 3.04. The molecule has 3 N–H and O–H groups in total. The molecule has 0 saturated heterocycles. The third-order valence-corrected chi connectivity index (χ3v) is 3.04. The molecule has 0 radical (unpaired) electrons. The Hall–Kier alpha value is -2.08. The van der Waals surface area contributed by atoms with Crippen molar-refractivity contribution in [2.24, 2.45) is 0 Å². The molecule has 0 spiro atoms. The average molecular weight is 293 g/mol. The zero-order valence-electron chi connectivity index (χ0n) is 12.6. The highest BCUT2D eigenvalue weighted by Crippen LogP contribution is 2.12. The monoisotopic (exact) mass is 293 g/mol. The molecule has 1 aromatic carbocycles. The molecule has 0 aliphatic carbocycles. The van der Waals surface area contributed by atoms with E-state index in [1.807, 2.05) is 13.8 Å². The number of amides is 3. The SMILES string of the molecule is CCN(CC)C(=O)c1cccc(NC(=O)NCCCO)c1. The largest absolute Gasteiger partial charge is 0.396 e. The molecule has 0 bridgehead atoms. The topological polar surface area (TPSA) is 81.7 Å². The van der Waals surface area contributed by atoms with Crippen molar-refractivity contribution in [1.82, 2.24) is 10.2 Å². The highest BCUT2D eigenvalue weighted by Gasteiger charge is 2.13. The van der Waals surface area contributed by atoms with E-state index < -0.39 is 0 Å². The summed E-state index contributed by atoms with van der Waals surface area (Å²) in [6.45, 7) is 5.59. The maximum Gasteiger partial charge on any atom is 0.319 e. The highest BCUT2D eigenvalue weighted by molar-refractivity contribution is 5.96. The zero-order valence-corrected chi connectivity index (χ0v) is 12.6. The van der Waals surface area contributed by atoms with Gasteiger partial charge in [-0.1, -0.05) is 6.07 Å². The lowest BCUT2D eigenvalue weighted by Crippen LogP contribution is -2.31. The zero-order chi connectivity index (χ0) is 15.7. The molecule has 0 unspecified atom stereocenters. The van der Waals surface area contributed by atoms with E-state index >= 15 is 0 Å². The lowest BCUT2D eigenvalue weighted by Gasteiger charge is -2.19. The Kier molecular flexibility index (Phi) is 7.25. The van der Waals surface area contributed by atoms with E-state index in [1.165, 1.54) is 0 Å². The van der Waals surface area contributed by atoms with Crippen molar-refractivity contribution in [3.05, 3.63) is 29.8 Å². The van der Waals surface area contributed by atoms with Crippen LogP contribution in [-0.4, -0.2) is 48.2 Å². The van der Waals surface area contributed by atoms with Crippen LogP contribution in [0.3, 0.4) is 0 Å². The predicted octanol–water partition coefficient (Wildman–Crippen LogP) is 1.67. The van der Waals surface area contributed by atoms with E-state index in [-0.39, 0.29) is 18.5 Å². The molecule has 1 aromatic rings. The fraction of sp³-hybridized carbons (Fsp3) is 0.467. The van der Waals surface area contributed by atoms with Crippen LogP contribution < -0.4 is 10.6 Å². The molecule has 0 aliphatic heterocycles. The number of benzene rings is 1. The normalized spacial score (nSPS) is 10.0. The lowest BCUT2D eigenvalue weighted by atomic mass is 10.1. The fourth-order valence-electron chi connectivity index (χ4n) is 1.88. The minimum atomic E-state index is -0.351. The van der Waals surface area contributed by atoms with Gasteiger partial charge in [-0.15, -0.1) is 0 Å². The Balaban J connectivity index is 2.68. The third kappa shape index (κ3) is 5.43. The highest BCUT2D eigenvalue weighted by atomic mass is 16.3. The first-order valence-corrected chi connectivity index (χ1v) is 7.17. The van der Waals surface area contributed by atoms with E-state index in [0.717, 1.165) is 0 Å². The maximum absolute atomic E-state index is 12.2. The summed E-state index contributed by atoms with van der Waals surface area (Å²) >= 11 is 0. The van der Waals surface area contributed by atoms with Crippen LogP contribution >= 0.6 is 0 Å². The average Bonchev–Trinajstić information content (AvgIpc) is 2.49. The summed E-state index contributed by atoms with van der Waals surface area (Å²) in [6.07, 6.45) is 0.508. The first-order valence-electron chi connectivity index (χ1n) is 7.17. The van der Waals surface area contributed by atoms with Crippen LogP contribution in [0, 0.1) is 0 Å². The van der Waals surface area contributed by atoms with Crippen LogP contribution in [0.25, 0.3) is 0 Å². The molecule has 0 atom stereocenters. The molecular weight excluding hydrogens is 270 g/mol. The first kappa shape index (κ1) is 17.0. The van der Waals surface area contributed by atoms with Crippen molar-refractivity contribution < 1.29 is 14.7 Å². The quantitative estimate of drug-likeness (QED) is 0.669. The molecule has 0 fully saturated rings. The fourth-order valence-corrected chi connectivity index (χ4v) is 1.88. The number of urea groups is 1. The van der Waals surface area contributed by atoms with Gasteiger partial charge in [0.15, 0.2) is 0 Å². The number of carbonyl (C=O) groups excluding carboxylic acids is 2. The van der Waals surface area contributed by atoms with E-state index in [0.29, 0.717) is 37.3 Å². The Morgan fingerprint density at radius 1 is 1.24 bits per heavy atom. The molecule has 0 aromatic heterocycles. The molecule has 0 saturated carbocycles. The van der Waals surface area contributed by atoms with Gasteiger partial charge in [0.05, 0.1) is 0 Å². The number of nitrogens with one attached hydrogen (secondary N) is 2. The molecule has 3 amide bonds. The number of aliphatic hydroxyl groups is 1. The lowest BCUT2D eigenvalue weighted by molar-refractivity contribution is 0.0773. The van der Waals surface area contributed by atoms with E-state index in [4.69, 9.17) is 5.11 Å². The van der Waals surface area contributed by atoms with Gasteiger partial charge >= 0.3 is 6.03 Å². The van der Waals surface area contributed by atoms with E-state index in [2.05, 4.69) is 10.6 Å². The number of anilines is 1. The van der Waals surface area contributed by atoms with Gasteiger partial charge in [-0.05, 0) is 38.5 Å². The number of rotatable bonds is 7. The predicted molar refractivity (Wildman–Crippen MR) is 82.4 cm³/mol. The molecular formula is C15H23N3O3. The second-order valence-corrected chi connectivity index (χ2v) is 4.52. The van der Waals surface area contributed by atoms with Crippen molar-refractivity contribution >= 4 is 17.6 Å². The molecule has 1 rings (SSSR count). The van der Waals surface area contributed by atoms with Gasteiger partial charge in [0.2, 0.25) is 0 Å². The van der Waals surface area contributed by atoms with E-state index in [1.54, 1.807) is 29.2 Å². The molecule has 0 heterocycles. The van der Waals surface area contributed by atoms with Gasteiger partial charge in [0.25, 0.3) is 5.91 Å². The number of nitrogens with zero attached hydrogens (tertiary/aromatic N) is 1. The van der Waals surface area contributed by atoms with Crippen LogP contribution in [0.4, 0.5) is 10.5 Å². The molecule has 0 aliphatic rings. The van der Waals surface area contributed by atoms with Crippen LogP contribution in [-0.2, 0) is 0 Å². The summed E-state index contributed by atoms with van der Waals surface area (Å²) in [7, 11) is 0. The van der Waals surface area contributed by atoms with Crippen molar-refractivity contribution in [3.8, 4) is 0 Å². The van der Waals surface area contributed by atoms with Crippen LogP contribution in [0.1, 0.15) is 30.6 Å². The smallest absolute Gasteiger partial charge is 0.319 e. The van der Waals surface area contributed by atoms with Crippen LogP contribution in [0.5, 0.6) is 0 Å². The number of aliphatic hydroxyl groups excluding tert-OH is 1. The van der Waals surface area contributed by atoms with Gasteiger partial charge in [-0.25, -0.2) is 4.79 Å². The number of hydrogen-bond donors (Lipinski definition) is 3. The van der Waals surface area contributed by atoms with Gasteiger partial charge < -0.3 is 20.6 Å². The second kappa shape index (κ2) is 8.97. The van der Waals surface area contributed by atoms with Crippen molar-refractivity contribution in [2.45, 2.75) is 20.3 Å². The van der Waals surface area contributed by atoms with Crippen molar-refractivity contribution in [3.63, 3.8) is 0 Å². The summed E-state index contributed by atoms with van der Waals surface area (Å²) in [5.74, 6) is -0.0515. The Morgan fingerprint density at radius 2 is 1.95 bits per heavy atom. The van der Waals surface area contributed by atoms with Crippen molar-refractivity contribution in [1.29, 1.82) is 0 Å². The summed E-state index contributed by atoms with van der Waals surface area (Å²) < 4.78 is 0. The van der Waals surface area contributed by atoms with Gasteiger partial charge in [-0.3, -0.25) is 4.79 Å². The summed E-state index contributed by atoms with van der Waals surface area (Å²) in [5.41, 5.74) is 1.11.